The van der Waals surface area contributed by atoms with Gasteiger partial charge in [-0.1, -0.05) is 11.6 Å². The molecule has 1 aromatic heterocycles. The van der Waals surface area contributed by atoms with Gasteiger partial charge in [-0.2, -0.15) is 0 Å². The van der Waals surface area contributed by atoms with E-state index >= 15 is 0 Å². The quantitative estimate of drug-likeness (QED) is 0.800. The van der Waals surface area contributed by atoms with Gasteiger partial charge in [-0.15, -0.1) is 0 Å². The SMILES string of the molecule is Nc1ccc(-c2ncc3c(n2)CCCC3)c(Cl)c1. The van der Waals surface area contributed by atoms with Gasteiger partial charge in [0, 0.05) is 23.1 Å². The summed E-state index contributed by atoms with van der Waals surface area (Å²) in [5, 5.41) is 0.603. The first-order valence-electron chi connectivity index (χ1n) is 6.14. The number of rotatable bonds is 1. The van der Waals surface area contributed by atoms with Crippen molar-refractivity contribution in [3.63, 3.8) is 0 Å². The highest BCUT2D eigenvalue weighted by atomic mass is 35.5. The van der Waals surface area contributed by atoms with Gasteiger partial charge in [-0.05, 0) is 49.4 Å². The summed E-state index contributed by atoms with van der Waals surface area (Å²) in [6.45, 7) is 0. The van der Waals surface area contributed by atoms with Crippen molar-refractivity contribution in [2.24, 2.45) is 0 Å². The van der Waals surface area contributed by atoms with Gasteiger partial charge in [-0.25, -0.2) is 9.97 Å². The monoisotopic (exact) mass is 259 g/mol. The maximum atomic E-state index is 6.19. The second kappa shape index (κ2) is 4.58. The van der Waals surface area contributed by atoms with Crippen molar-refractivity contribution >= 4 is 17.3 Å². The Hall–Kier alpha value is -1.61. The number of hydrogen-bond donors (Lipinski definition) is 1. The molecule has 2 aromatic rings. The fraction of sp³-hybridized carbons (Fsp3) is 0.286. The van der Waals surface area contributed by atoms with Crippen molar-refractivity contribution in [1.29, 1.82) is 0 Å². The van der Waals surface area contributed by atoms with Crippen LogP contribution in [0.1, 0.15) is 24.1 Å². The lowest BCUT2D eigenvalue weighted by atomic mass is 9.97. The molecule has 0 fully saturated rings. The number of nitrogens with zero attached hydrogens (tertiary/aromatic N) is 2. The molecule has 1 aromatic carbocycles. The number of nitrogen functional groups attached to an aromatic ring is 1. The van der Waals surface area contributed by atoms with Crippen molar-refractivity contribution < 1.29 is 0 Å². The molecule has 0 unspecified atom stereocenters. The van der Waals surface area contributed by atoms with E-state index in [0.717, 1.165) is 18.4 Å². The second-order valence-electron chi connectivity index (χ2n) is 4.61. The van der Waals surface area contributed by atoms with E-state index in [-0.39, 0.29) is 0 Å². The number of halogens is 1. The first-order valence-corrected chi connectivity index (χ1v) is 6.52. The lowest BCUT2D eigenvalue weighted by Gasteiger charge is -2.15. The first-order chi connectivity index (χ1) is 8.74. The van der Waals surface area contributed by atoms with Crippen molar-refractivity contribution in [3.8, 4) is 11.4 Å². The summed E-state index contributed by atoms with van der Waals surface area (Å²) in [5.74, 6) is 0.695. The van der Waals surface area contributed by atoms with Crippen LogP contribution in [-0.2, 0) is 12.8 Å². The zero-order valence-electron chi connectivity index (χ0n) is 9.99. The molecule has 0 radical (unpaired) electrons. The molecule has 0 aliphatic heterocycles. The molecule has 1 aliphatic rings. The molecule has 0 atom stereocenters. The van der Waals surface area contributed by atoms with Crippen LogP contribution in [0, 0.1) is 0 Å². The van der Waals surface area contributed by atoms with Crippen LogP contribution in [0.15, 0.2) is 24.4 Å². The molecule has 3 rings (SSSR count). The predicted molar refractivity (Wildman–Crippen MR) is 73.5 cm³/mol. The van der Waals surface area contributed by atoms with Crippen LogP contribution in [0.2, 0.25) is 5.02 Å². The summed E-state index contributed by atoms with van der Waals surface area (Å²) in [4.78, 5) is 9.05. The van der Waals surface area contributed by atoms with Crippen LogP contribution in [0.3, 0.4) is 0 Å². The third-order valence-electron chi connectivity index (χ3n) is 3.30. The molecule has 92 valence electrons. The van der Waals surface area contributed by atoms with Gasteiger partial charge in [-0.3, -0.25) is 0 Å². The number of benzene rings is 1. The van der Waals surface area contributed by atoms with E-state index in [1.807, 2.05) is 18.3 Å². The van der Waals surface area contributed by atoms with E-state index in [2.05, 4.69) is 9.97 Å². The molecule has 0 bridgehead atoms. The Kier molecular flexibility index (Phi) is 2.92. The Bertz CT molecular complexity index is 596. The number of aryl methyl sites for hydroxylation is 2. The molecule has 1 aliphatic carbocycles. The van der Waals surface area contributed by atoms with Gasteiger partial charge in [0.2, 0.25) is 0 Å². The first kappa shape index (κ1) is 11.5. The Balaban J connectivity index is 2.06. The third kappa shape index (κ3) is 2.06. The van der Waals surface area contributed by atoms with Crippen LogP contribution in [0.5, 0.6) is 0 Å². The summed E-state index contributed by atoms with van der Waals surface area (Å²) in [6.07, 6.45) is 6.50. The summed E-state index contributed by atoms with van der Waals surface area (Å²) >= 11 is 6.19. The standard InChI is InChI=1S/C14H14ClN3/c15-12-7-10(16)5-6-11(12)14-17-8-9-3-1-2-4-13(9)18-14/h5-8H,1-4,16H2. The zero-order chi connectivity index (χ0) is 12.5. The lowest BCUT2D eigenvalue weighted by Crippen LogP contribution is -2.07. The number of aromatic nitrogens is 2. The molecule has 0 saturated carbocycles. The topological polar surface area (TPSA) is 51.8 Å². The minimum absolute atomic E-state index is 0.603. The molecule has 18 heavy (non-hydrogen) atoms. The average molecular weight is 260 g/mol. The maximum absolute atomic E-state index is 6.19. The molecule has 0 amide bonds. The largest absolute Gasteiger partial charge is 0.399 e. The van der Waals surface area contributed by atoms with Crippen molar-refractivity contribution in [3.05, 3.63) is 40.7 Å². The van der Waals surface area contributed by atoms with Crippen LogP contribution in [0.4, 0.5) is 5.69 Å². The summed E-state index contributed by atoms with van der Waals surface area (Å²) in [6, 6.07) is 5.44. The number of anilines is 1. The van der Waals surface area contributed by atoms with E-state index in [4.69, 9.17) is 17.3 Å². The van der Waals surface area contributed by atoms with E-state index in [1.54, 1.807) is 6.07 Å². The van der Waals surface area contributed by atoms with Crippen LogP contribution < -0.4 is 5.73 Å². The van der Waals surface area contributed by atoms with Gasteiger partial charge < -0.3 is 5.73 Å². The van der Waals surface area contributed by atoms with Crippen LogP contribution in [0.25, 0.3) is 11.4 Å². The molecule has 2 N–H and O–H groups in total. The fourth-order valence-electron chi connectivity index (χ4n) is 2.32. The minimum Gasteiger partial charge on any atom is -0.399 e. The van der Waals surface area contributed by atoms with Crippen LogP contribution >= 0.6 is 11.6 Å². The fourth-order valence-corrected chi connectivity index (χ4v) is 2.59. The van der Waals surface area contributed by atoms with Gasteiger partial charge >= 0.3 is 0 Å². The molecule has 1 heterocycles. The molecular weight excluding hydrogens is 246 g/mol. The highest BCUT2D eigenvalue weighted by Gasteiger charge is 2.14. The molecule has 3 nitrogen and oxygen atoms in total. The lowest BCUT2D eigenvalue weighted by molar-refractivity contribution is 0.663. The van der Waals surface area contributed by atoms with E-state index < -0.39 is 0 Å². The van der Waals surface area contributed by atoms with Gasteiger partial charge in [0.15, 0.2) is 5.82 Å². The van der Waals surface area contributed by atoms with Gasteiger partial charge in [0.25, 0.3) is 0 Å². The summed E-state index contributed by atoms with van der Waals surface area (Å²) in [5.41, 5.74) is 9.63. The van der Waals surface area contributed by atoms with Crippen molar-refractivity contribution in [1.82, 2.24) is 9.97 Å². The number of fused-ring (bicyclic) bond motifs is 1. The predicted octanol–water partition coefficient (Wildman–Crippen LogP) is 3.26. The molecule has 4 heteroatoms. The summed E-state index contributed by atoms with van der Waals surface area (Å²) in [7, 11) is 0. The van der Waals surface area contributed by atoms with Crippen molar-refractivity contribution in [2.75, 3.05) is 5.73 Å². The number of hydrogen-bond acceptors (Lipinski definition) is 3. The highest BCUT2D eigenvalue weighted by molar-refractivity contribution is 6.33. The highest BCUT2D eigenvalue weighted by Crippen LogP contribution is 2.28. The Morgan fingerprint density at radius 2 is 2.00 bits per heavy atom. The second-order valence-corrected chi connectivity index (χ2v) is 5.02. The zero-order valence-corrected chi connectivity index (χ0v) is 10.7. The Labute approximate surface area is 111 Å². The van der Waals surface area contributed by atoms with Crippen LogP contribution in [-0.4, -0.2) is 9.97 Å². The normalized spacial score (nSPS) is 14.3. The molecule has 0 saturated heterocycles. The van der Waals surface area contributed by atoms with Crippen molar-refractivity contribution in [2.45, 2.75) is 25.7 Å². The number of nitrogens with two attached hydrogens (primary N) is 1. The van der Waals surface area contributed by atoms with E-state index in [9.17, 15) is 0 Å². The molecule has 0 spiro atoms. The van der Waals surface area contributed by atoms with E-state index in [1.165, 1.54) is 24.1 Å². The maximum Gasteiger partial charge on any atom is 0.160 e. The summed E-state index contributed by atoms with van der Waals surface area (Å²) < 4.78 is 0. The smallest absolute Gasteiger partial charge is 0.160 e. The Morgan fingerprint density at radius 1 is 1.17 bits per heavy atom. The molecular formula is C14H14ClN3. The van der Waals surface area contributed by atoms with Gasteiger partial charge in [0.05, 0.1) is 5.02 Å². The van der Waals surface area contributed by atoms with Gasteiger partial charge in [0.1, 0.15) is 0 Å². The van der Waals surface area contributed by atoms with E-state index in [0.29, 0.717) is 16.5 Å². The Morgan fingerprint density at radius 3 is 2.83 bits per heavy atom. The average Bonchev–Trinajstić information content (AvgIpc) is 2.38. The minimum atomic E-state index is 0.603. The third-order valence-corrected chi connectivity index (χ3v) is 3.61.